The van der Waals surface area contributed by atoms with E-state index in [4.69, 9.17) is 0 Å². The van der Waals surface area contributed by atoms with E-state index in [0.717, 1.165) is 60.6 Å². The molecule has 4 rings (SSSR count). The second-order valence-corrected chi connectivity index (χ2v) is 9.82. The van der Waals surface area contributed by atoms with Crippen LogP contribution in [0.25, 0.3) is 21.7 Å². The van der Waals surface area contributed by atoms with Gasteiger partial charge in [0.1, 0.15) is 0 Å². The van der Waals surface area contributed by atoms with Crippen LogP contribution in [0.5, 0.6) is 0 Å². The predicted octanol–water partition coefficient (Wildman–Crippen LogP) is 5.75. The number of anilines is 2. The minimum Gasteiger partial charge on any atom is -0.361 e. The summed E-state index contributed by atoms with van der Waals surface area (Å²) < 4.78 is 31.2. The standard InChI is InChI=1S/C26H32N4O2S/c1-3-15-30(16-4-2)17-14-21-19-27-25-13-12-22(18-24(21)25)28-33(31,32)29-26-11-7-9-20-8-5-6-10-23(20)26/h5-13,18-19,27-29H,3-4,14-17H2,1-2H3. The van der Waals surface area contributed by atoms with Crippen LogP contribution in [0.3, 0.4) is 0 Å². The Morgan fingerprint density at radius 2 is 1.61 bits per heavy atom. The van der Waals surface area contributed by atoms with E-state index in [1.807, 2.05) is 54.7 Å². The van der Waals surface area contributed by atoms with E-state index < -0.39 is 10.2 Å². The molecule has 3 aromatic carbocycles. The fourth-order valence-corrected chi connectivity index (χ4v) is 5.29. The van der Waals surface area contributed by atoms with Crippen molar-refractivity contribution in [2.75, 3.05) is 29.1 Å². The zero-order valence-corrected chi connectivity index (χ0v) is 20.1. The molecular weight excluding hydrogens is 432 g/mol. The maximum atomic E-state index is 12.9. The molecule has 0 atom stereocenters. The highest BCUT2D eigenvalue weighted by Gasteiger charge is 2.14. The smallest absolute Gasteiger partial charge is 0.321 e. The first-order valence-corrected chi connectivity index (χ1v) is 13.1. The van der Waals surface area contributed by atoms with Crippen molar-refractivity contribution in [1.29, 1.82) is 0 Å². The fourth-order valence-electron chi connectivity index (χ4n) is 4.33. The molecule has 0 aliphatic carbocycles. The number of H-pyrrole nitrogens is 1. The number of nitrogens with zero attached hydrogens (tertiary/aromatic N) is 1. The summed E-state index contributed by atoms with van der Waals surface area (Å²) in [6.45, 7) is 7.60. The molecule has 0 saturated heterocycles. The Balaban J connectivity index is 1.51. The molecule has 3 N–H and O–H groups in total. The van der Waals surface area contributed by atoms with Gasteiger partial charge in [0.15, 0.2) is 0 Å². The summed E-state index contributed by atoms with van der Waals surface area (Å²) in [6, 6.07) is 18.9. The second kappa shape index (κ2) is 10.3. The van der Waals surface area contributed by atoms with E-state index in [-0.39, 0.29) is 0 Å². The fraction of sp³-hybridized carbons (Fsp3) is 0.308. The van der Waals surface area contributed by atoms with Gasteiger partial charge in [0, 0.05) is 29.0 Å². The third-order valence-electron chi connectivity index (χ3n) is 5.83. The number of rotatable bonds is 11. The minimum atomic E-state index is -3.80. The van der Waals surface area contributed by atoms with Crippen molar-refractivity contribution in [1.82, 2.24) is 9.88 Å². The zero-order chi connectivity index (χ0) is 23.3. The quantitative estimate of drug-likeness (QED) is 0.264. The van der Waals surface area contributed by atoms with Gasteiger partial charge in [-0.3, -0.25) is 9.44 Å². The van der Waals surface area contributed by atoms with E-state index >= 15 is 0 Å². The highest BCUT2D eigenvalue weighted by atomic mass is 32.2. The van der Waals surface area contributed by atoms with Crippen LogP contribution in [-0.4, -0.2) is 37.9 Å². The van der Waals surface area contributed by atoms with Gasteiger partial charge in [0.25, 0.3) is 0 Å². The Bertz CT molecular complexity index is 1320. The SMILES string of the molecule is CCCN(CCC)CCc1c[nH]c2ccc(NS(=O)(=O)Nc3cccc4ccccc34)cc12. The van der Waals surface area contributed by atoms with Crippen molar-refractivity contribution in [2.24, 2.45) is 0 Å². The summed E-state index contributed by atoms with van der Waals surface area (Å²) in [6.07, 6.45) is 5.24. The van der Waals surface area contributed by atoms with E-state index in [0.29, 0.717) is 11.4 Å². The molecule has 4 aromatic rings. The molecule has 0 spiro atoms. The van der Waals surface area contributed by atoms with Gasteiger partial charge in [0.2, 0.25) is 0 Å². The molecule has 1 heterocycles. The molecule has 0 radical (unpaired) electrons. The second-order valence-electron chi connectivity index (χ2n) is 8.40. The van der Waals surface area contributed by atoms with Gasteiger partial charge in [-0.2, -0.15) is 8.42 Å². The molecule has 6 nitrogen and oxygen atoms in total. The van der Waals surface area contributed by atoms with Crippen LogP contribution in [0.4, 0.5) is 11.4 Å². The largest absolute Gasteiger partial charge is 0.361 e. The summed E-state index contributed by atoms with van der Waals surface area (Å²) >= 11 is 0. The molecule has 1 aromatic heterocycles. The molecule has 0 fully saturated rings. The average molecular weight is 465 g/mol. The summed E-state index contributed by atoms with van der Waals surface area (Å²) in [5.41, 5.74) is 3.30. The van der Waals surface area contributed by atoms with Gasteiger partial charge >= 0.3 is 10.2 Å². The van der Waals surface area contributed by atoms with Gasteiger partial charge in [0.05, 0.1) is 11.4 Å². The molecule has 0 unspecified atom stereocenters. The summed E-state index contributed by atoms with van der Waals surface area (Å²) in [5, 5.41) is 2.89. The summed E-state index contributed by atoms with van der Waals surface area (Å²) in [7, 11) is -3.80. The van der Waals surface area contributed by atoms with E-state index in [9.17, 15) is 8.42 Å². The van der Waals surface area contributed by atoms with E-state index in [1.165, 1.54) is 5.56 Å². The lowest BCUT2D eigenvalue weighted by Crippen LogP contribution is -2.27. The Labute approximate surface area is 196 Å². The predicted molar refractivity (Wildman–Crippen MR) is 139 cm³/mol. The number of fused-ring (bicyclic) bond motifs is 2. The maximum Gasteiger partial charge on any atom is 0.321 e. The lowest BCUT2D eigenvalue weighted by atomic mass is 10.1. The first-order chi connectivity index (χ1) is 16.0. The van der Waals surface area contributed by atoms with Crippen molar-refractivity contribution in [3.63, 3.8) is 0 Å². The van der Waals surface area contributed by atoms with Crippen LogP contribution >= 0.6 is 0 Å². The normalized spacial score (nSPS) is 12.0. The van der Waals surface area contributed by atoms with Crippen LogP contribution < -0.4 is 9.44 Å². The van der Waals surface area contributed by atoms with Crippen LogP contribution in [0.1, 0.15) is 32.3 Å². The number of hydrogen-bond donors (Lipinski definition) is 3. The Hall–Kier alpha value is -3.03. The molecule has 0 bridgehead atoms. The minimum absolute atomic E-state index is 0.537. The van der Waals surface area contributed by atoms with Crippen molar-refractivity contribution >= 4 is 43.3 Å². The number of hydrogen-bond acceptors (Lipinski definition) is 3. The van der Waals surface area contributed by atoms with Gasteiger partial charge < -0.3 is 9.88 Å². The molecule has 174 valence electrons. The number of benzene rings is 3. The summed E-state index contributed by atoms with van der Waals surface area (Å²) in [5.74, 6) is 0. The number of aromatic nitrogens is 1. The molecule has 0 amide bonds. The van der Waals surface area contributed by atoms with Crippen LogP contribution in [0.15, 0.2) is 66.9 Å². The Morgan fingerprint density at radius 3 is 2.39 bits per heavy atom. The topological polar surface area (TPSA) is 77.2 Å². The van der Waals surface area contributed by atoms with Crippen molar-refractivity contribution < 1.29 is 8.42 Å². The van der Waals surface area contributed by atoms with E-state index in [2.05, 4.69) is 33.2 Å². The Morgan fingerprint density at radius 1 is 0.848 bits per heavy atom. The zero-order valence-electron chi connectivity index (χ0n) is 19.3. The molecule has 33 heavy (non-hydrogen) atoms. The first kappa shape index (κ1) is 23.1. The average Bonchev–Trinajstić information content (AvgIpc) is 3.20. The van der Waals surface area contributed by atoms with Gasteiger partial charge in [-0.1, -0.05) is 50.2 Å². The molecule has 0 aliphatic rings. The van der Waals surface area contributed by atoms with Crippen molar-refractivity contribution in [3.8, 4) is 0 Å². The third-order valence-corrected chi connectivity index (χ3v) is 6.82. The van der Waals surface area contributed by atoms with Gasteiger partial charge in [-0.25, -0.2) is 0 Å². The van der Waals surface area contributed by atoms with Gasteiger partial charge in [-0.15, -0.1) is 0 Å². The van der Waals surface area contributed by atoms with Crippen LogP contribution in [0, 0.1) is 0 Å². The monoisotopic (exact) mass is 464 g/mol. The number of aromatic amines is 1. The number of nitrogens with one attached hydrogen (secondary N) is 3. The highest BCUT2D eigenvalue weighted by molar-refractivity contribution is 7.94. The van der Waals surface area contributed by atoms with Gasteiger partial charge in [-0.05, 0) is 67.6 Å². The van der Waals surface area contributed by atoms with Crippen LogP contribution in [-0.2, 0) is 16.6 Å². The molecule has 7 heteroatoms. The lowest BCUT2D eigenvalue weighted by Gasteiger charge is -2.20. The summed E-state index contributed by atoms with van der Waals surface area (Å²) in [4.78, 5) is 5.80. The maximum absolute atomic E-state index is 12.9. The van der Waals surface area contributed by atoms with Crippen molar-refractivity contribution in [3.05, 3.63) is 72.4 Å². The molecular formula is C26H32N4O2S. The van der Waals surface area contributed by atoms with E-state index in [1.54, 1.807) is 12.1 Å². The Kier molecular flexibility index (Phi) is 7.20. The van der Waals surface area contributed by atoms with Crippen LogP contribution in [0.2, 0.25) is 0 Å². The first-order valence-electron chi connectivity index (χ1n) is 11.6. The third kappa shape index (κ3) is 5.67. The molecule has 0 saturated carbocycles. The van der Waals surface area contributed by atoms with Crippen molar-refractivity contribution in [2.45, 2.75) is 33.1 Å². The lowest BCUT2D eigenvalue weighted by molar-refractivity contribution is 0.278. The highest BCUT2D eigenvalue weighted by Crippen LogP contribution is 2.26. The molecule has 0 aliphatic heterocycles.